The predicted octanol–water partition coefficient (Wildman–Crippen LogP) is 4.16. The fraction of sp³-hybridized carbons (Fsp3) is 0.190. The normalized spacial score (nSPS) is 10.4. The fourth-order valence-electron chi connectivity index (χ4n) is 2.61. The Bertz CT molecular complexity index is 951. The van der Waals surface area contributed by atoms with Crippen LogP contribution in [0.4, 0.5) is 22.9 Å². The third kappa shape index (κ3) is 4.41. The zero-order valence-electron chi connectivity index (χ0n) is 15.9. The van der Waals surface area contributed by atoms with Crippen LogP contribution in [0, 0.1) is 13.8 Å². The Hall–Kier alpha value is -3.41. The van der Waals surface area contributed by atoms with E-state index in [2.05, 4.69) is 33.6 Å². The zero-order chi connectivity index (χ0) is 19.4. The fourth-order valence-corrected chi connectivity index (χ4v) is 2.61. The lowest BCUT2D eigenvalue weighted by molar-refractivity contribution is 0.102. The van der Waals surface area contributed by atoms with Crippen molar-refractivity contribution in [2.24, 2.45) is 0 Å². The van der Waals surface area contributed by atoms with Gasteiger partial charge in [-0.25, -0.2) is 9.97 Å². The molecule has 0 spiro atoms. The molecule has 1 amide bonds. The summed E-state index contributed by atoms with van der Waals surface area (Å²) in [6, 6.07) is 15.3. The van der Waals surface area contributed by atoms with Gasteiger partial charge in [0.15, 0.2) is 0 Å². The summed E-state index contributed by atoms with van der Waals surface area (Å²) in [7, 11) is 3.94. The summed E-state index contributed by atoms with van der Waals surface area (Å²) in [5.41, 5.74) is 5.37. The van der Waals surface area contributed by atoms with Gasteiger partial charge in [-0.1, -0.05) is 12.1 Å². The van der Waals surface area contributed by atoms with Gasteiger partial charge in [-0.15, -0.1) is 0 Å². The van der Waals surface area contributed by atoms with E-state index in [0.29, 0.717) is 17.2 Å². The van der Waals surface area contributed by atoms with Crippen molar-refractivity contribution >= 4 is 28.8 Å². The molecule has 2 aromatic carbocycles. The molecule has 0 aliphatic rings. The molecule has 0 aliphatic carbocycles. The Kier molecular flexibility index (Phi) is 5.35. The molecule has 6 nitrogen and oxygen atoms in total. The molecule has 0 radical (unpaired) electrons. The van der Waals surface area contributed by atoms with Gasteiger partial charge in [-0.3, -0.25) is 4.79 Å². The molecule has 1 heterocycles. The topological polar surface area (TPSA) is 70.2 Å². The number of rotatable bonds is 5. The summed E-state index contributed by atoms with van der Waals surface area (Å²) in [6.07, 6.45) is 1.39. The van der Waals surface area contributed by atoms with Crippen LogP contribution >= 0.6 is 0 Å². The Morgan fingerprint density at radius 1 is 1.00 bits per heavy atom. The number of nitrogens with one attached hydrogen (secondary N) is 2. The summed E-state index contributed by atoms with van der Waals surface area (Å²) in [5, 5.41) is 6.12. The summed E-state index contributed by atoms with van der Waals surface area (Å²) in [4.78, 5) is 22.8. The van der Waals surface area contributed by atoms with E-state index in [1.807, 2.05) is 62.3 Å². The number of carbonyl (C=O) groups excluding carboxylic acids is 1. The van der Waals surface area contributed by atoms with E-state index in [-0.39, 0.29) is 5.91 Å². The van der Waals surface area contributed by atoms with Gasteiger partial charge in [-0.2, -0.15) is 0 Å². The van der Waals surface area contributed by atoms with E-state index in [4.69, 9.17) is 0 Å². The summed E-state index contributed by atoms with van der Waals surface area (Å²) in [5.74, 6) is 0.297. The first-order valence-corrected chi connectivity index (χ1v) is 8.68. The summed E-state index contributed by atoms with van der Waals surface area (Å²) < 4.78 is 0. The molecule has 0 unspecified atom stereocenters. The molecule has 2 N–H and O–H groups in total. The van der Waals surface area contributed by atoms with Gasteiger partial charge in [0.2, 0.25) is 0 Å². The quantitative estimate of drug-likeness (QED) is 0.714. The molecule has 1 aromatic heterocycles. The van der Waals surface area contributed by atoms with E-state index < -0.39 is 0 Å². The van der Waals surface area contributed by atoms with Crippen LogP contribution in [0.1, 0.15) is 21.6 Å². The Morgan fingerprint density at radius 3 is 2.44 bits per heavy atom. The van der Waals surface area contributed by atoms with E-state index in [1.165, 1.54) is 11.9 Å². The van der Waals surface area contributed by atoms with Gasteiger partial charge in [0, 0.05) is 37.2 Å². The third-order valence-corrected chi connectivity index (χ3v) is 4.41. The predicted molar refractivity (Wildman–Crippen MR) is 110 cm³/mol. The van der Waals surface area contributed by atoms with Crippen LogP contribution < -0.4 is 15.5 Å². The highest BCUT2D eigenvalue weighted by Crippen LogP contribution is 2.22. The zero-order valence-corrected chi connectivity index (χ0v) is 15.9. The first kappa shape index (κ1) is 18.4. The third-order valence-electron chi connectivity index (χ3n) is 4.41. The van der Waals surface area contributed by atoms with Crippen molar-refractivity contribution in [1.29, 1.82) is 0 Å². The number of aryl methyl sites for hydroxylation is 1. The molecule has 3 rings (SSSR count). The number of aromatic nitrogens is 2. The molecule has 0 saturated heterocycles. The number of hydrogen-bond acceptors (Lipinski definition) is 5. The van der Waals surface area contributed by atoms with Gasteiger partial charge in [0.25, 0.3) is 5.91 Å². The largest absolute Gasteiger partial charge is 0.378 e. The van der Waals surface area contributed by atoms with Crippen LogP contribution in [-0.4, -0.2) is 30.0 Å². The van der Waals surface area contributed by atoms with E-state index in [9.17, 15) is 4.79 Å². The number of hydrogen-bond donors (Lipinski definition) is 2. The second kappa shape index (κ2) is 7.86. The Morgan fingerprint density at radius 2 is 1.74 bits per heavy atom. The van der Waals surface area contributed by atoms with Crippen LogP contribution in [-0.2, 0) is 0 Å². The maximum atomic E-state index is 12.5. The molecular weight excluding hydrogens is 338 g/mol. The molecule has 0 bridgehead atoms. The smallest absolute Gasteiger partial charge is 0.274 e. The van der Waals surface area contributed by atoms with Crippen molar-refractivity contribution in [3.8, 4) is 0 Å². The molecule has 3 aromatic rings. The SMILES string of the molecule is Cc1cccc(Nc2cc(C(=O)Nc3ccc(N(C)C)cc3)ncn2)c1C. The highest BCUT2D eigenvalue weighted by atomic mass is 16.1. The Labute approximate surface area is 159 Å². The standard InChI is InChI=1S/C21H23N5O/c1-14-6-5-7-18(15(14)2)25-20-12-19(22-13-23-20)21(27)24-16-8-10-17(11-9-16)26(3)4/h5-13H,1-4H3,(H,24,27)(H,22,23,25). The lowest BCUT2D eigenvalue weighted by Gasteiger charge is -2.13. The van der Waals surface area contributed by atoms with Gasteiger partial charge < -0.3 is 15.5 Å². The molecular formula is C21H23N5O. The second-order valence-electron chi connectivity index (χ2n) is 6.56. The van der Waals surface area contributed by atoms with Crippen LogP contribution in [0.15, 0.2) is 54.9 Å². The van der Waals surface area contributed by atoms with Crippen molar-refractivity contribution in [3.05, 3.63) is 71.7 Å². The molecule has 0 atom stereocenters. The highest BCUT2D eigenvalue weighted by Gasteiger charge is 2.10. The van der Waals surface area contributed by atoms with Gasteiger partial charge in [0.1, 0.15) is 17.8 Å². The molecule has 0 saturated carbocycles. The van der Waals surface area contributed by atoms with Crippen molar-refractivity contribution in [2.75, 3.05) is 29.6 Å². The highest BCUT2D eigenvalue weighted by molar-refractivity contribution is 6.03. The number of anilines is 4. The van der Waals surface area contributed by atoms with Gasteiger partial charge >= 0.3 is 0 Å². The lowest BCUT2D eigenvalue weighted by Crippen LogP contribution is -2.14. The maximum absolute atomic E-state index is 12.5. The van der Waals surface area contributed by atoms with E-state index in [1.54, 1.807) is 6.07 Å². The number of amides is 1. The first-order chi connectivity index (χ1) is 12.9. The lowest BCUT2D eigenvalue weighted by atomic mass is 10.1. The monoisotopic (exact) mass is 361 g/mol. The van der Waals surface area contributed by atoms with Crippen molar-refractivity contribution < 1.29 is 4.79 Å². The minimum absolute atomic E-state index is 0.279. The number of benzene rings is 2. The summed E-state index contributed by atoms with van der Waals surface area (Å²) >= 11 is 0. The maximum Gasteiger partial charge on any atom is 0.274 e. The van der Waals surface area contributed by atoms with Crippen LogP contribution in [0.3, 0.4) is 0 Å². The Balaban J connectivity index is 1.74. The van der Waals surface area contributed by atoms with Crippen LogP contribution in [0.2, 0.25) is 0 Å². The van der Waals surface area contributed by atoms with Gasteiger partial charge in [0.05, 0.1) is 0 Å². The van der Waals surface area contributed by atoms with Crippen LogP contribution in [0.25, 0.3) is 0 Å². The van der Waals surface area contributed by atoms with Crippen LogP contribution in [0.5, 0.6) is 0 Å². The minimum atomic E-state index is -0.279. The molecule has 6 heteroatoms. The second-order valence-corrected chi connectivity index (χ2v) is 6.56. The van der Waals surface area contributed by atoms with Crippen molar-refractivity contribution in [2.45, 2.75) is 13.8 Å². The average Bonchev–Trinajstić information content (AvgIpc) is 2.66. The average molecular weight is 361 g/mol. The number of carbonyl (C=O) groups is 1. The molecule has 0 fully saturated rings. The molecule has 0 aliphatic heterocycles. The van der Waals surface area contributed by atoms with E-state index >= 15 is 0 Å². The number of nitrogens with zero attached hydrogens (tertiary/aromatic N) is 3. The molecule has 27 heavy (non-hydrogen) atoms. The minimum Gasteiger partial charge on any atom is -0.378 e. The van der Waals surface area contributed by atoms with Crippen molar-refractivity contribution in [3.63, 3.8) is 0 Å². The first-order valence-electron chi connectivity index (χ1n) is 8.68. The molecule has 138 valence electrons. The van der Waals surface area contributed by atoms with Crippen molar-refractivity contribution in [1.82, 2.24) is 9.97 Å². The summed E-state index contributed by atoms with van der Waals surface area (Å²) in [6.45, 7) is 4.10. The van der Waals surface area contributed by atoms with Gasteiger partial charge in [-0.05, 0) is 55.3 Å². The van der Waals surface area contributed by atoms with E-state index in [0.717, 1.165) is 16.9 Å².